The molecule has 0 bridgehead atoms. The number of hydrogen-bond acceptors (Lipinski definition) is 1. The van der Waals surface area contributed by atoms with Gasteiger partial charge in [0.05, 0.1) is 5.54 Å². The van der Waals surface area contributed by atoms with Gasteiger partial charge in [-0.1, -0.05) is 29.8 Å². The Hall–Kier alpha value is -1.45. The highest BCUT2D eigenvalue weighted by molar-refractivity contribution is 6.30. The van der Waals surface area contributed by atoms with Crippen molar-refractivity contribution in [2.24, 2.45) is 5.73 Å². The molecule has 100 valence electrons. The van der Waals surface area contributed by atoms with E-state index in [2.05, 4.69) is 0 Å². The molecule has 2 rings (SSSR count). The van der Waals surface area contributed by atoms with Gasteiger partial charge < -0.3 is 5.73 Å². The Balaban J connectivity index is 2.62. The average molecular weight is 282 g/mol. The molecule has 0 saturated carbocycles. The minimum absolute atomic E-state index is 0.130. The number of halogens is 3. The Bertz CT molecular complexity index is 606. The van der Waals surface area contributed by atoms with E-state index in [1.165, 1.54) is 12.1 Å². The fourth-order valence-corrected chi connectivity index (χ4v) is 2.20. The van der Waals surface area contributed by atoms with Gasteiger partial charge in [0, 0.05) is 10.6 Å². The largest absolute Gasteiger partial charge is 0.318 e. The zero-order chi connectivity index (χ0) is 14.2. The average Bonchev–Trinajstić information content (AvgIpc) is 2.34. The lowest BCUT2D eigenvalue weighted by molar-refractivity contribution is 0.479. The quantitative estimate of drug-likeness (QED) is 0.879. The van der Waals surface area contributed by atoms with Crippen LogP contribution in [-0.4, -0.2) is 0 Å². The van der Waals surface area contributed by atoms with E-state index in [4.69, 9.17) is 17.3 Å². The Kier molecular flexibility index (Phi) is 3.61. The van der Waals surface area contributed by atoms with Crippen LogP contribution in [0.25, 0.3) is 0 Å². The van der Waals surface area contributed by atoms with Crippen LogP contribution in [0, 0.1) is 18.6 Å². The summed E-state index contributed by atoms with van der Waals surface area (Å²) in [6, 6.07) is 9.26. The van der Waals surface area contributed by atoms with Crippen molar-refractivity contribution in [3.8, 4) is 0 Å². The molecular weight excluding hydrogens is 268 g/mol. The van der Waals surface area contributed by atoms with Gasteiger partial charge >= 0.3 is 0 Å². The van der Waals surface area contributed by atoms with E-state index in [9.17, 15) is 8.78 Å². The molecule has 0 saturated heterocycles. The number of nitrogens with two attached hydrogens (primary N) is 1. The molecule has 2 aromatic rings. The smallest absolute Gasteiger partial charge is 0.134 e. The molecule has 1 atom stereocenters. The Morgan fingerprint density at radius 3 is 2.21 bits per heavy atom. The fourth-order valence-electron chi connectivity index (χ4n) is 2.07. The molecule has 0 fully saturated rings. The molecule has 19 heavy (non-hydrogen) atoms. The number of benzene rings is 2. The molecule has 0 aliphatic heterocycles. The van der Waals surface area contributed by atoms with Crippen LogP contribution < -0.4 is 5.73 Å². The lowest BCUT2D eigenvalue weighted by Crippen LogP contribution is -2.36. The zero-order valence-electron chi connectivity index (χ0n) is 10.7. The highest BCUT2D eigenvalue weighted by atomic mass is 35.5. The molecule has 2 aromatic carbocycles. The van der Waals surface area contributed by atoms with Crippen molar-refractivity contribution >= 4 is 11.6 Å². The van der Waals surface area contributed by atoms with Crippen molar-refractivity contribution in [3.63, 3.8) is 0 Å². The van der Waals surface area contributed by atoms with E-state index in [0.29, 0.717) is 16.1 Å². The second kappa shape index (κ2) is 4.91. The molecule has 0 aliphatic carbocycles. The van der Waals surface area contributed by atoms with E-state index in [1.54, 1.807) is 38.1 Å². The maximum atomic E-state index is 14.2. The number of hydrogen-bond donors (Lipinski definition) is 1. The predicted octanol–water partition coefficient (Wildman–Crippen LogP) is 4.15. The van der Waals surface area contributed by atoms with Crippen LogP contribution in [0.2, 0.25) is 5.02 Å². The van der Waals surface area contributed by atoms with Gasteiger partial charge in [0.15, 0.2) is 0 Å². The molecular formula is C15H14ClF2N. The van der Waals surface area contributed by atoms with Crippen LogP contribution in [0.15, 0.2) is 36.4 Å². The summed E-state index contributed by atoms with van der Waals surface area (Å²) in [5.74, 6) is -1.26. The summed E-state index contributed by atoms with van der Waals surface area (Å²) in [7, 11) is 0. The highest BCUT2D eigenvalue weighted by Gasteiger charge is 2.31. The first kappa shape index (κ1) is 14.0. The van der Waals surface area contributed by atoms with E-state index in [0.717, 1.165) is 0 Å². The molecule has 1 nitrogen and oxygen atoms in total. The second-order valence-corrected chi connectivity index (χ2v) is 5.20. The first-order valence-electron chi connectivity index (χ1n) is 5.84. The summed E-state index contributed by atoms with van der Waals surface area (Å²) in [5.41, 5.74) is 5.73. The van der Waals surface area contributed by atoms with E-state index in [-0.39, 0.29) is 5.56 Å². The normalized spacial score (nSPS) is 14.2. The van der Waals surface area contributed by atoms with E-state index in [1.807, 2.05) is 0 Å². The highest BCUT2D eigenvalue weighted by Crippen LogP contribution is 2.32. The monoisotopic (exact) mass is 281 g/mol. The molecule has 0 radical (unpaired) electrons. The van der Waals surface area contributed by atoms with Gasteiger partial charge in [0.2, 0.25) is 0 Å². The SMILES string of the molecule is Cc1ccc(F)c(C(C)(N)c2ccc(Cl)cc2)c1F. The van der Waals surface area contributed by atoms with Crippen LogP contribution >= 0.6 is 11.6 Å². The molecule has 0 heterocycles. The van der Waals surface area contributed by atoms with Crippen molar-refractivity contribution in [1.82, 2.24) is 0 Å². The molecule has 0 amide bonds. The van der Waals surface area contributed by atoms with Crippen LogP contribution in [0.4, 0.5) is 8.78 Å². The van der Waals surface area contributed by atoms with Gasteiger partial charge in [-0.25, -0.2) is 8.78 Å². The summed E-state index contributed by atoms with van der Waals surface area (Å²) < 4.78 is 28.1. The molecule has 2 N–H and O–H groups in total. The molecule has 1 unspecified atom stereocenters. The minimum atomic E-state index is -1.26. The third-order valence-electron chi connectivity index (χ3n) is 3.25. The van der Waals surface area contributed by atoms with Crippen LogP contribution in [0.5, 0.6) is 0 Å². The van der Waals surface area contributed by atoms with Crippen molar-refractivity contribution in [1.29, 1.82) is 0 Å². The minimum Gasteiger partial charge on any atom is -0.318 e. The third-order valence-corrected chi connectivity index (χ3v) is 3.50. The third kappa shape index (κ3) is 2.48. The van der Waals surface area contributed by atoms with E-state index < -0.39 is 17.2 Å². The van der Waals surface area contributed by atoms with Crippen LogP contribution in [0.3, 0.4) is 0 Å². The van der Waals surface area contributed by atoms with Crippen molar-refractivity contribution in [3.05, 3.63) is 69.7 Å². The summed E-state index contributed by atoms with van der Waals surface area (Å²) in [6.07, 6.45) is 0. The maximum Gasteiger partial charge on any atom is 0.134 e. The van der Waals surface area contributed by atoms with Gasteiger partial charge in [0.1, 0.15) is 11.6 Å². The first-order valence-corrected chi connectivity index (χ1v) is 6.22. The summed E-state index contributed by atoms with van der Waals surface area (Å²) >= 11 is 5.81. The predicted molar refractivity (Wildman–Crippen MR) is 73.2 cm³/mol. The molecule has 0 aromatic heterocycles. The maximum absolute atomic E-state index is 14.2. The lowest BCUT2D eigenvalue weighted by Gasteiger charge is -2.27. The fraction of sp³-hybridized carbons (Fsp3) is 0.200. The summed E-state index contributed by atoms with van der Waals surface area (Å²) in [6.45, 7) is 3.16. The van der Waals surface area contributed by atoms with Crippen LogP contribution in [0.1, 0.15) is 23.6 Å². The van der Waals surface area contributed by atoms with Crippen LogP contribution in [-0.2, 0) is 5.54 Å². The zero-order valence-corrected chi connectivity index (χ0v) is 11.4. The summed E-state index contributed by atoms with van der Waals surface area (Å²) in [5, 5.41) is 0.546. The topological polar surface area (TPSA) is 26.0 Å². The van der Waals surface area contributed by atoms with Crippen molar-refractivity contribution in [2.75, 3.05) is 0 Å². The Morgan fingerprint density at radius 1 is 1.05 bits per heavy atom. The van der Waals surface area contributed by atoms with Gasteiger partial charge in [-0.15, -0.1) is 0 Å². The molecule has 0 spiro atoms. The first-order chi connectivity index (χ1) is 8.84. The number of aryl methyl sites for hydroxylation is 1. The van der Waals surface area contributed by atoms with Gasteiger partial charge in [0.25, 0.3) is 0 Å². The standard InChI is InChI=1S/C15H14ClF2N/c1-9-3-8-12(17)13(14(9)18)15(2,19)10-4-6-11(16)7-5-10/h3-8H,19H2,1-2H3. The number of rotatable bonds is 2. The van der Waals surface area contributed by atoms with Gasteiger partial charge in [-0.05, 0) is 43.2 Å². The lowest BCUT2D eigenvalue weighted by atomic mass is 9.84. The van der Waals surface area contributed by atoms with Gasteiger partial charge in [-0.2, -0.15) is 0 Å². The molecule has 4 heteroatoms. The van der Waals surface area contributed by atoms with E-state index >= 15 is 0 Å². The Morgan fingerprint density at radius 2 is 1.63 bits per heavy atom. The second-order valence-electron chi connectivity index (χ2n) is 4.76. The van der Waals surface area contributed by atoms with Gasteiger partial charge in [-0.3, -0.25) is 0 Å². The summed E-state index contributed by atoms with van der Waals surface area (Å²) in [4.78, 5) is 0. The van der Waals surface area contributed by atoms with Crippen molar-refractivity contribution < 1.29 is 8.78 Å². The Labute approximate surface area is 116 Å². The van der Waals surface area contributed by atoms with Crippen molar-refractivity contribution in [2.45, 2.75) is 19.4 Å². The molecule has 0 aliphatic rings.